The lowest BCUT2D eigenvalue weighted by Gasteiger charge is -2.13. The molecule has 108 valence electrons. The molecule has 0 saturated heterocycles. The molecular formula is C15H14N2O4. The van der Waals surface area contributed by atoms with E-state index in [0.29, 0.717) is 0 Å². The van der Waals surface area contributed by atoms with Gasteiger partial charge in [-0.2, -0.15) is 0 Å². The number of benzene rings is 1. The maximum Gasteiger partial charge on any atom is 0.311 e. The summed E-state index contributed by atoms with van der Waals surface area (Å²) >= 11 is 0. The number of rotatable bonds is 5. The third-order valence-electron chi connectivity index (χ3n) is 3.26. The molecule has 0 aliphatic heterocycles. The molecule has 0 saturated carbocycles. The third-order valence-corrected chi connectivity index (χ3v) is 3.26. The van der Waals surface area contributed by atoms with Crippen LogP contribution in [0.1, 0.15) is 22.6 Å². The Morgan fingerprint density at radius 3 is 2.57 bits per heavy atom. The fraction of sp³-hybridized carbons (Fsp3) is 0.200. The van der Waals surface area contributed by atoms with Gasteiger partial charge >= 0.3 is 5.97 Å². The molecule has 1 unspecified atom stereocenters. The number of nitro groups is 1. The number of hydrogen-bond donors (Lipinski definition) is 1. The van der Waals surface area contributed by atoms with Crippen LogP contribution in [0.5, 0.6) is 0 Å². The zero-order chi connectivity index (χ0) is 15.4. The number of aryl methyl sites for hydroxylation is 1. The summed E-state index contributed by atoms with van der Waals surface area (Å²) in [4.78, 5) is 25.6. The molecule has 1 N–H and O–H groups in total. The molecule has 6 nitrogen and oxygen atoms in total. The zero-order valence-electron chi connectivity index (χ0n) is 11.4. The summed E-state index contributed by atoms with van der Waals surface area (Å²) in [5.74, 6) is -2.07. The molecule has 0 radical (unpaired) electrons. The summed E-state index contributed by atoms with van der Waals surface area (Å²) in [6, 6.07) is 8.83. The van der Waals surface area contributed by atoms with Crippen molar-refractivity contribution < 1.29 is 14.8 Å². The molecule has 2 rings (SSSR count). The van der Waals surface area contributed by atoms with Crippen LogP contribution in [0.4, 0.5) is 5.69 Å². The largest absolute Gasteiger partial charge is 0.481 e. The minimum atomic E-state index is -1.09. The summed E-state index contributed by atoms with van der Waals surface area (Å²) in [5, 5.41) is 20.4. The molecule has 0 aliphatic rings. The molecule has 0 bridgehead atoms. The number of carbonyl (C=O) groups is 1. The molecule has 6 heteroatoms. The first-order valence-corrected chi connectivity index (χ1v) is 6.35. The fourth-order valence-electron chi connectivity index (χ4n) is 2.13. The quantitative estimate of drug-likeness (QED) is 0.673. The van der Waals surface area contributed by atoms with E-state index in [9.17, 15) is 20.0 Å². The van der Waals surface area contributed by atoms with E-state index in [1.54, 1.807) is 0 Å². The minimum Gasteiger partial charge on any atom is -0.481 e. The van der Waals surface area contributed by atoms with Crippen LogP contribution in [-0.4, -0.2) is 21.0 Å². The highest BCUT2D eigenvalue weighted by Gasteiger charge is 2.28. The number of carboxylic acid groups (broad SMARTS) is 1. The average molecular weight is 286 g/mol. The lowest BCUT2D eigenvalue weighted by Crippen LogP contribution is -2.16. The highest BCUT2D eigenvalue weighted by molar-refractivity contribution is 5.78. The lowest BCUT2D eigenvalue weighted by molar-refractivity contribution is -0.386. The highest BCUT2D eigenvalue weighted by Crippen LogP contribution is 2.28. The van der Waals surface area contributed by atoms with Gasteiger partial charge in [0.15, 0.2) is 0 Å². The molecule has 1 aromatic heterocycles. The first-order chi connectivity index (χ1) is 9.99. The Hall–Kier alpha value is -2.76. The zero-order valence-corrected chi connectivity index (χ0v) is 11.4. The van der Waals surface area contributed by atoms with Gasteiger partial charge in [0.1, 0.15) is 6.20 Å². The predicted octanol–water partition coefficient (Wildman–Crippen LogP) is 2.71. The van der Waals surface area contributed by atoms with Gasteiger partial charge in [-0.25, -0.2) is 0 Å². The molecule has 0 spiro atoms. The maximum atomic E-state index is 11.5. The fourth-order valence-corrected chi connectivity index (χ4v) is 2.13. The molecule has 0 fully saturated rings. The van der Waals surface area contributed by atoms with E-state index < -0.39 is 16.8 Å². The first kappa shape index (κ1) is 14.6. The smallest absolute Gasteiger partial charge is 0.311 e. The van der Waals surface area contributed by atoms with Gasteiger partial charge in [0.2, 0.25) is 0 Å². The molecule has 21 heavy (non-hydrogen) atoms. The summed E-state index contributed by atoms with van der Waals surface area (Å²) in [6.07, 6.45) is 2.65. The van der Waals surface area contributed by atoms with Crippen LogP contribution in [0.15, 0.2) is 42.7 Å². The molecule has 1 aromatic carbocycles. The number of aromatic nitrogens is 1. The van der Waals surface area contributed by atoms with E-state index >= 15 is 0 Å². The lowest BCUT2D eigenvalue weighted by atomic mass is 9.91. The Labute approximate surface area is 121 Å². The van der Waals surface area contributed by atoms with Crippen molar-refractivity contribution in [2.75, 3.05) is 0 Å². The summed E-state index contributed by atoms with van der Waals surface area (Å²) in [6.45, 7) is 1.94. The molecule has 2 aromatic rings. The van der Waals surface area contributed by atoms with E-state index in [-0.39, 0.29) is 17.7 Å². The van der Waals surface area contributed by atoms with Crippen LogP contribution in [0.2, 0.25) is 0 Å². The Kier molecular flexibility index (Phi) is 4.27. The molecular weight excluding hydrogens is 272 g/mol. The number of carboxylic acids is 1. The van der Waals surface area contributed by atoms with Gasteiger partial charge in [0.05, 0.1) is 10.8 Å². The van der Waals surface area contributed by atoms with Crippen molar-refractivity contribution >= 4 is 11.7 Å². The number of nitrogens with zero attached hydrogens (tertiary/aromatic N) is 2. The number of aliphatic carboxylic acids is 1. The number of pyridine rings is 1. The Bertz CT molecular complexity index is 668. The maximum absolute atomic E-state index is 11.5. The van der Waals surface area contributed by atoms with Crippen LogP contribution in [-0.2, 0) is 11.2 Å². The van der Waals surface area contributed by atoms with Gasteiger partial charge in [-0.1, -0.05) is 29.8 Å². The summed E-state index contributed by atoms with van der Waals surface area (Å²) in [5.41, 5.74) is 1.79. The van der Waals surface area contributed by atoms with Gasteiger partial charge in [-0.05, 0) is 25.0 Å². The second-order valence-electron chi connectivity index (χ2n) is 4.77. The van der Waals surface area contributed by atoms with E-state index in [2.05, 4.69) is 4.98 Å². The van der Waals surface area contributed by atoms with Crippen molar-refractivity contribution in [3.05, 3.63) is 69.5 Å². The van der Waals surface area contributed by atoms with Gasteiger partial charge in [0.25, 0.3) is 5.69 Å². The molecule has 0 aliphatic carbocycles. The predicted molar refractivity (Wildman–Crippen MR) is 76.2 cm³/mol. The first-order valence-electron chi connectivity index (χ1n) is 6.35. The van der Waals surface area contributed by atoms with Gasteiger partial charge in [0, 0.05) is 11.8 Å². The van der Waals surface area contributed by atoms with Gasteiger partial charge in [-0.3, -0.25) is 19.9 Å². The average Bonchev–Trinajstić information content (AvgIpc) is 2.46. The molecule has 1 heterocycles. The number of hydrogen-bond acceptors (Lipinski definition) is 4. The second kappa shape index (κ2) is 6.13. The SMILES string of the molecule is Cc1ccc(CC(C(=O)O)c2ccncc2[N+](=O)[O-])cc1. The molecule has 0 amide bonds. The minimum absolute atomic E-state index is 0.170. The van der Waals surface area contributed by atoms with Crippen molar-refractivity contribution in [1.29, 1.82) is 0 Å². The van der Waals surface area contributed by atoms with Crippen molar-refractivity contribution in [2.24, 2.45) is 0 Å². The Balaban J connectivity index is 2.38. The summed E-state index contributed by atoms with van der Waals surface area (Å²) < 4.78 is 0. The van der Waals surface area contributed by atoms with Gasteiger partial charge in [-0.15, -0.1) is 0 Å². The topological polar surface area (TPSA) is 93.3 Å². The second-order valence-corrected chi connectivity index (χ2v) is 4.77. The molecule has 1 atom stereocenters. The van der Waals surface area contributed by atoms with Crippen LogP contribution in [0, 0.1) is 17.0 Å². The third kappa shape index (κ3) is 3.42. The van der Waals surface area contributed by atoms with Crippen molar-refractivity contribution in [2.45, 2.75) is 19.3 Å². The van der Waals surface area contributed by atoms with Crippen LogP contribution in [0.25, 0.3) is 0 Å². The van der Waals surface area contributed by atoms with E-state index in [4.69, 9.17) is 0 Å². The van der Waals surface area contributed by atoms with Crippen molar-refractivity contribution in [3.8, 4) is 0 Å². The monoisotopic (exact) mass is 286 g/mol. The highest BCUT2D eigenvalue weighted by atomic mass is 16.6. The van der Waals surface area contributed by atoms with Crippen LogP contribution in [0.3, 0.4) is 0 Å². The Morgan fingerprint density at radius 2 is 2.00 bits per heavy atom. The van der Waals surface area contributed by atoms with E-state index in [1.807, 2.05) is 31.2 Å². The Morgan fingerprint density at radius 1 is 1.33 bits per heavy atom. The van der Waals surface area contributed by atoms with Crippen LogP contribution < -0.4 is 0 Å². The van der Waals surface area contributed by atoms with E-state index in [0.717, 1.165) is 17.3 Å². The van der Waals surface area contributed by atoms with Crippen LogP contribution >= 0.6 is 0 Å². The van der Waals surface area contributed by atoms with E-state index in [1.165, 1.54) is 12.3 Å². The standard InChI is InChI=1S/C15H14N2O4/c1-10-2-4-11(5-3-10)8-13(15(18)19)12-6-7-16-9-14(12)17(20)21/h2-7,9,13H,8H2,1H3,(H,18,19). The van der Waals surface area contributed by atoms with Crippen molar-refractivity contribution in [3.63, 3.8) is 0 Å². The summed E-state index contributed by atoms with van der Waals surface area (Å²) in [7, 11) is 0. The van der Waals surface area contributed by atoms with Gasteiger partial charge < -0.3 is 5.11 Å². The van der Waals surface area contributed by atoms with Crippen molar-refractivity contribution in [1.82, 2.24) is 4.98 Å². The normalized spacial score (nSPS) is 11.9.